The average Bonchev–Trinajstić information content (AvgIpc) is 3.27. The molecule has 0 aromatic heterocycles. The molecule has 48 heavy (non-hydrogen) atoms. The first-order valence-corrected chi connectivity index (χ1v) is 15.7. The van der Waals surface area contributed by atoms with Crippen LogP contribution in [-0.2, 0) is 37.9 Å². The third-order valence-corrected chi connectivity index (χ3v) is 8.17. The SMILES string of the molecule is C[C@H](O)C(=O)Nc1ccc(CN2C(=O)[C@@](O)([C@@H](C)/C=C/CC(=O)N(CCO)Cc3ccccc3)c3cc(NC(=O)[C@H](C)O)ccc32)cc1. The minimum atomic E-state index is -2.07. The van der Waals surface area contributed by atoms with Crippen molar-refractivity contribution in [2.24, 2.45) is 5.92 Å². The smallest absolute Gasteiger partial charge is 0.264 e. The molecule has 4 rings (SSSR count). The van der Waals surface area contributed by atoms with E-state index in [4.69, 9.17) is 0 Å². The van der Waals surface area contributed by atoms with E-state index in [0.29, 0.717) is 23.5 Å². The van der Waals surface area contributed by atoms with Crippen LogP contribution < -0.4 is 15.5 Å². The van der Waals surface area contributed by atoms with E-state index in [1.807, 2.05) is 30.3 Å². The van der Waals surface area contributed by atoms with E-state index in [1.54, 1.807) is 55.5 Å². The van der Waals surface area contributed by atoms with Gasteiger partial charge in [0.1, 0.15) is 12.2 Å². The Hall–Kier alpha value is -4.88. The molecular weight excluding hydrogens is 616 g/mol. The molecule has 3 aromatic rings. The van der Waals surface area contributed by atoms with Gasteiger partial charge in [-0.3, -0.25) is 19.2 Å². The second-order valence-electron chi connectivity index (χ2n) is 11.9. The molecular formula is C36H42N4O8. The molecule has 4 amide bonds. The molecule has 0 saturated heterocycles. The van der Waals surface area contributed by atoms with Crippen molar-refractivity contribution in [3.05, 3.63) is 102 Å². The van der Waals surface area contributed by atoms with Gasteiger partial charge in [-0.15, -0.1) is 0 Å². The molecule has 1 aliphatic heterocycles. The van der Waals surface area contributed by atoms with Crippen LogP contribution in [0.2, 0.25) is 0 Å². The summed E-state index contributed by atoms with van der Waals surface area (Å²) in [6.07, 6.45) is 0.702. The topological polar surface area (TPSA) is 180 Å². The first-order valence-electron chi connectivity index (χ1n) is 15.7. The van der Waals surface area contributed by atoms with Crippen LogP contribution >= 0.6 is 0 Å². The zero-order valence-electron chi connectivity index (χ0n) is 27.2. The minimum absolute atomic E-state index is 0.0273. The molecule has 4 atom stereocenters. The van der Waals surface area contributed by atoms with Crippen molar-refractivity contribution in [3.8, 4) is 0 Å². The summed E-state index contributed by atoms with van der Waals surface area (Å²) in [6.45, 7) is 4.67. The van der Waals surface area contributed by atoms with E-state index in [-0.39, 0.29) is 43.3 Å². The number of nitrogens with one attached hydrogen (secondary N) is 2. The Morgan fingerprint density at radius 3 is 2.08 bits per heavy atom. The van der Waals surface area contributed by atoms with Gasteiger partial charge in [0.05, 0.1) is 18.8 Å². The highest BCUT2D eigenvalue weighted by molar-refractivity contribution is 6.08. The normalized spacial score (nSPS) is 17.5. The number of aliphatic hydroxyl groups is 4. The number of carbonyl (C=O) groups excluding carboxylic acids is 4. The summed E-state index contributed by atoms with van der Waals surface area (Å²) in [6, 6.07) is 20.8. The van der Waals surface area contributed by atoms with Crippen molar-refractivity contribution in [2.45, 2.75) is 58.1 Å². The summed E-state index contributed by atoms with van der Waals surface area (Å²) >= 11 is 0. The molecule has 12 nitrogen and oxygen atoms in total. The highest BCUT2D eigenvalue weighted by Crippen LogP contribution is 2.47. The molecule has 1 aliphatic rings. The zero-order chi connectivity index (χ0) is 35.0. The summed E-state index contributed by atoms with van der Waals surface area (Å²) in [5, 5.41) is 46.0. The van der Waals surface area contributed by atoms with E-state index in [1.165, 1.54) is 29.7 Å². The maximum absolute atomic E-state index is 14.1. The maximum Gasteiger partial charge on any atom is 0.264 e. The molecule has 6 N–H and O–H groups in total. The molecule has 1 heterocycles. The minimum Gasteiger partial charge on any atom is -0.395 e. The van der Waals surface area contributed by atoms with Gasteiger partial charge in [0.2, 0.25) is 5.91 Å². The number of benzene rings is 3. The van der Waals surface area contributed by atoms with Crippen molar-refractivity contribution in [3.63, 3.8) is 0 Å². The summed E-state index contributed by atoms with van der Waals surface area (Å²) in [7, 11) is 0. The monoisotopic (exact) mass is 658 g/mol. The Morgan fingerprint density at radius 1 is 0.875 bits per heavy atom. The van der Waals surface area contributed by atoms with Gasteiger partial charge >= 0.3 is 0 Å². The van der Waals surface area contributed by atoms with E-state index >= 15 is 0 Å². The summed E-state index contributed by atoms with van der Waals surface area (Å²) in [4.78, 5) is 54.2. The summed E-state index contributed by atoms with van der Waals surface area (Å²) < 4.78 is 0. The number of nitrogens with zero attached hydrogens (tertiary/aromatic N) is 2. The Balaban J connectivity index is 1.58. The third kappa shape index (κ3) is 8.33. The van der Waals surface area contributed by atoms with Gasteiger partial charge < -0.3 is 40.9 Å². The number of anilines is 3. The zero-order valence-corrected chi connectivity index (χ0v) is 27.2. The van der Waals surface area contributed by atoms with E-state index < -0.39 is 41.4 Å². The molecule has 3 aromatic carbocycles. The van der Waals surface area contributed by atoms with Crippen LogP contribution in [0.15, 0.2) is 84.9 Å². The Morgan fingerprint density at radius 2 is 1.48 bits per heavy atom. The van der Waals surface area contributed by atoms with Crippen LogP contribution in [0.5, 0.6) is 0 Å². The van der Waals surface area contributed by atoms with Crippen LogP contribution in [0.3, 0.4) is 0 Å². The maximum atomic E-state index is 14.1. The van der Waals surface area contributed by atoms with Crippen molar-refractivity contribution in [1.82, 2.24) is 4.90 Å². The number of fused-ring (bicyclic) bond motifs is 1. The molecule has 0 fully saturated rings. The predicted molar refractivity (Wildman–Crippen MR) is 180 cm³/mol. The average molecular weight is 659 g/mol. The van der Waals surface area contributed by atoms with E-state index in [0.717, 1.165) is 5.56 Å². The number of hydrogen-bond acceptors (Lipinski definition) is 8. The number of aliphatic hydroxyl groups excluding tert-OH is 3. The summed E-state index contributed by atoms with van der Waals surface area (Å²) in [5.41, 5.74) is 0.928. The highest BCUT2D eigenvalue weighted by Gasteiger charge is 2.52. The fourth-order valence-corrected chi connectivity index (χ4v) is 5.41. The Bertz CT molecular complexity index is 1640. The van der Waals surface area contributed by atoms with Gasteiger partial charge in [-0.25, -0.2) is 0 Å². The van der Waals surface area contributed by atoms with E-state index in [2.05, 4.69) is 10.6 Å². The second-order valence-corrected chi connectivity index (χ2v) is 11.9. The first kappa shape index (κ1) is 36.0. The first-order chi connectivity index (χ1) is 22.8. The molecule has 0 unspecified atom stereocenters. The quantitative estimate of drug-likeness (QED) is 0.143. The molecule has 0 spiro atoms. The van der Waals surface area contributed by atoms with Gasteiger partial charge in [-0.2, -0.15) is 0 Å². The lowest BCUT2D eigenvalue weighted by atomic mass is 9.82. The van der Waals surface area contributed by atoms with Crippen LogP contribution in [0.1, 0.15) is 43.9 Å². The van der Waals surface area contributed by atoms with E-state index in [9.17, 15) is 39.6 Å². The van der Waals surface area contributed by atoms with Crippen LogP contribution in [-0.4, -0.2) is 74.3 Å². The van der Waals surface area contributed by atoms with Crippen molar-refractivity contribution in [1.29, 1.82) is 0 Å². The number of rotatable bonds is 14. The highest BCUT2D eigenvalue weighted by atomic mass is 16.3. The lowest BCUT2D eigenvalue weighted by Gasteiger charge is -2.28. The number of carbonyl (C=O) groups is 4. The molecule has 12 heteroatoms. The van der Waals surface area contributed by atoms with Crippen molar-refractivity contribution >= 4 is 40.7 Å². The fraction of sp³-hybridized carbons (Fsp3) is 0.333. The lowest BCUT2D eigenvalue weighted by Crippen LogP contribution is -2.44. The van der Waals surface area contributed by atoms with Gasteiger partial charge in [-0.1, -0.05) is 61.5 Å². The molecule has 0 aliphatic carbocycles. The predicted octanol–water partition coefficient (Wildman–Crippen LogP) is 2.66. The Kier molecular flexibility index (Phi) is 11.8. The van der Waals surface area contributed by atoms with Crippen LogP contribution in [0.4, 0.5) is 17.1 Å². The number of hydrogen-bond donors (Lipinski definition) is 6. The summed E-state index contributed by atoms with van der Waals surface area (Å²) in [5.74, 6) is -2.88. The molecule has 0 saturated carbocycles. The van der Waals surface area contributed by atoms with Gasteiger partial charge in [0, 0.05) is 42.4 Å². The molecule has 0 radical (unpaired) electrons. The van der Waals surface area contributed by atoms with Crippen LogP contribution in [0, 0.1) is 5.92 Å². The van der Waals surface area contributed by atoms with Gasteiger partial charge in [0.25, 0.3) is 17.7 Å². The van der Waals surface area contributed by atoms with Crippen LogP contribution in [0.25, 0.3) is 0 Å². The fourth-order valence-electron chi connectivity index (χ4n) is 5.41. The third-order valence-electron chi connectivity index (χ3n) is 8.17. The second kappa shape index (κ2) is 15.8. The van der Waals surface area contributed by atoms with Crippen molar-refractivity contribution < 1.29 is 39.6 Å². The Labute approximate surface area is 279 Å². The van der Waals surface area contributed by atoms with Crippen molar-refractivity contribution in [2.75, 3.05) is 28.7 Å². The molecule has 254 valence electrons. The molecule has 0 bridgehead atoms. The van der Waals surface area contributed by atoms with Gasteiger partial charge in [0.15, 0.2) is 5.60 Å². The lowest BCUT2D eigenvalue weighted by molar-refractivity contribution is -0.139. The van der Waals surface area contributed by atoms with Gasteiger partial charge in [-0.05, 0) is 55.3 Å². The number of amides is 4. The standard InChI is InChI=1S/C36H42N4O8/c1-23(8-7-11-32(44)39(18-19-41)21-26-9-5-4-6-10-26)36(48)30-20-29(38-34(46)25(3)43)16-17-31(30)40(35(36)47)22-27-12-14-28(15-13-27)37-33(45)24(2)42/h4-10,12-17,20,23-25,41-43,48H,11,18-19,21-22H2,1-3H3,(H,37,45)(H,38,46)/b8-7+/t23-,24-,25-,36+/m0/s1. The largest absolute Gasteiger partial charge is 0.395 e.